The van der Waals surface area contributed by atoms with Crippen LogP contribution in [0.1, 0.15) is 26.7 Å². The molecule has 1 aromatic rings. The second kappa shape index (κ2) is 8.13. The van der Waals surface area contributed by atoms with Crippen molar-refractivity contribution in [2.75, 3.05) is 6.54 Å². The number of hydrogen-bond acceptors (Lipinski definition) is 4. The van der Waals surface area contributed by atoms with Gasteiger partial charge in [0, 0.05) is 19.3 Å². The number of hydrogen-bond donors (Lipinski definition) is 3. The molecule has 1 aromatic heterocycles. The van der Waals surface area contributed by atoms with Crippen LogP contribution in [0.2, 0.25) is 0 Å². The molecule has 2 atom stereocenters. The van der Waals surface area contributed by atoms with Gasteiger partial charge in [-0.15, -0.1) is 5.10 Å². The summed E-state index contributed by atoms with van der Waals surface area (Å²) in [6.07, 6.45) is 4.70. The summed E-state index contributed by atoms with van der Waals surface area (Å²) in [6.45, 7) is 4.77. The van der Waals surface area contributed by atoms with E-state index in [1.54, 1.807) is 24.0 Å². The van der Waals surface area contributed by atoms with Gasteiger partial charge >= 0.3 is 12.0 Å². The van der Waals surface area contributed by atoms with Crippen LogP contribution in [0, 0.1) is 5.92 Å². The van der Waals surface area contributed by atoms with Crippen LogP contribution in [-0.2, 0) is 11.3 Å². The minimum Gasteiger partial charge on any atom is -0.480 e. The van der Waals surface area contributed by atoms with Crippen LogP contribution < -0.4 is 10.6 Å². The van der Waals surface area contributed by atoms with Crippen LogP contribution in [0.25, 0.3) is 0 Å². The van der Waals surface area contributed by atoms with Crippen molar-refractivity contribution in [3.8, 4) is 0 Å². The molecule has 0 spiro atoms. The Morgan fingerprint density at radius 1 is 1.45 bits per heavy atom. The number of carbonyl (C=O) groups is 2. The number of aryl methyl sites for hydroxylation is 1. The molecule has 0 fully saturated rings. The molecule has 1 rings (SSSR count). The third kappa shape index (κ3) is 5.25. The van der Waals surface area contributed by atoms with Crippen molar-refractivity contribution in [3.63, 3.8) is 0 Å². The van der Waals surface area contributed by atoms with E-state index in [0.717, 1.165) is 0 Å². The predicted octanol–water partition coefficient (Wildman–Crippen LogP) is 0.467. The van der Waals surface area contributed by atoms with Crippen molar-refractivity contribution >= 4 is 12.0 Å². The zero-order valence-electron chi connectivity index (χ0n) is 11.7. The van der Waals surface area contributed by atoms with E-state index < -0.39 is 18.0 Å². The van der Waals surface area contributed by atoms with Crippen molar-refractivity contribution in [3.05, 3.63) is 12.4 Å². The summed E-state index contributed by atoms with van der Waals surface area (Å²) in [7, 11) is 0. The van der Waals surface area contributed by atoms with Crippen molar-refractivity contribution in [1.29, 1.82) is 0 Å². The second-order valence-corrected chi connectivity index (χ2v) is 4.62. The van der Waals surface area contributed by atoms with Gasteiger partial charge in [0.15, 0.2) is 0 Å². The third-order valence-corrected chi connectivity index (χ3v) is 3.09. The molecule has 3 N–H and O–H groups in total. The summed E-state index contributed by atoms with van der Waals surface area (Å²) in [6, 6.07) is -1.33. The van der Waals surface area contributed by atoms with E-state index >= 15 is 0 Å². The van der Waals surface area contributed by atoms with Gasteiger partial charge in [0.05, 0.1) is 6.20 Å². The Bertz CT molecular complexity index is 421. The fraction of sp³-hybridized carbons (Fsp3) is 0.667. The predicted molar refractivity (Wildman–Crippen MR) is 72.1 cm³/mol. The number of carbonyl (C=O) groups excluding carboxylic acids is 1. The molecule has 0 aromatic carbocycles. The highest BCUT2D eigenvalue weighted by molar-refractivity contribution is 5.82. The molecule has 0 unspecified atom stereocenters. The minimum absolute atomic E-state index is 0.117. The van der Waals surface area contributed by atoms with Crippen molar-refractivity contribution in [2.45, 2.75) is 39.3 Å². The lowest BCUT2D eigenvalue weighted by Crippen LogP contribution is -2.49. The molecule has 0 aliphatic heterocycles. The first-order valence-electron chi connectivity index (χ1n) is 6.65. The van der Waals surface area contributed by atoms with Gasteiger partial charge in [-0.1, -0.05) is 25.5 Å². The largest absolute Gasteiger partial charge is 0.480 e. The molecule has 0 aliphatic carbocycles. The molecule has 8 heteroatoms. The normalized spacial score (nSPS) is 13.5. The molecule has 20 heavy (non-hydrogen) atoms. The van der Waals surface area contributed by atoms with Gasteiger partial charge in [-0.2, -0.15) is 0 Å². The van der Waals surface area contributed by atoms with Crippen LogP contribution in [0.5, 0.6) is 0 Å². The summed E-state index contributed by atoms with van der Waals surface area (Å²) in [5.74, 6) is -1.13. The summed E-state index contributed by atoms with van der Waals surface area (Å²) in [5, 5.41) is 21.6. The topological polar surface area (TPSA) is 109 Å². The molecular weight excluding hydrogens is 262 g/mol. The standard InChI is InChI=1S/C12H21N5O3/c1-3-9(2)10(11(18)19)15-12(20)13-5-4-7-17-8-6-14-16-17/h6,8-10H,3-5,7H2,1-2H3,(H,18,19)(H2,13,15,20)/t9-,10-/m0/s1. The van der Waals surface area contributed by atoms with Crippen LogP contribution >= 0.6 is 0 Å². The molecule has 0 bridgehead atoms. The minimum atomic E-state index is -1.02. The number of aromatic nitrogens is 3. The fourth-order valence-corrected chi connectivity index (χ4v) is 1.67. The Hall–Kier alpha value is -2.12. The van der Waals surface area contributed by atoms with Gasteiger partial charge in [0.25, 0.3) is 0 Å². The average molecular weight is 283 g/mol. The molecule has 0 saturated heterocycles. The molecule has 0 saturated carbocycles. The molecule has 8 nitrogen and oxygen atoms in total. The van der Waals surface area contributed by atoms with E-state index in [2.05, 4.69) is 20.9 Å². The lowest BCUT2D eigenvalue weighted by molar-refractivity contribution is -0.140. The maximum Gasteiger partial charge on any atom is 0.326 e. The molecule has 2 amide bonds. The Morgan fingerprint density at radius 2 is 2.20 bits per heavy atom. The van der Waals surface area contributed by atoms with Gasteiger partial charge < -0.3 is 15.7 Å². The van der Waals surface area contributed by atoms with Crippen LogP contribution in [0.15, 0.2) is 12.4 Å². The molecule has 0 aliphatic rings. The second-order valence-electron chi connectivity index (χ2n) is 4.62. The van der Waals surface area contributed by atoms with E-state index in [4.69, 9.17) is 5.11 Å². The number of aliphatic carboxylic acids is 1. The first-order valence-corrected chi connectivity index (χ1v) is 6.65. The van der Waals surface area contributed by atoms with E-state index in [-0.39, 0.29) is 5.92 Å². The van der Waals surface area contributed by atoms with E-state index in [1.807, 2.05) is 6.92 Å². The van der Waals surface area contributed by atoms with Crippen molar-refractivity contribution in [1.82, 2.24) is 25.6 Å². The Balaban J connectivity index is 2.26. The van der Waals surface area contributed by atoms with Crippen molar-refractivity contribution in [2.24, 2.45) is 5.92 Å². The van der Waals surface area contributed by atoms with Crippen molar-refractivity contribution < 1.29 is 14.7 Å². The highest BCUT2D eigenvalue weighted by Crippen LogP contribution is 2.07. The SMILES string of the molecule is CC[C@H](C)[C@H](NC(=O)NCCCn1ccnn1)C(=O)O. The highest BCUT2D eigenvalue weighted by atomic mass is 16.4. The number of nitrogens with one attached hydrogen (secondary N) is 2. The van der Waals surface area contributed by atoms with Crippen LogP contribution in [0.4, 0.5) is 4.79 Å². The monoisotopic (exact) mass is 283 g/mol. The van der Waals surface area contributed by atoms with Crippen LogP contribution in [0.3, 0.4) is 0 Å². The summed E-state index contributed by atoms with van der Waals surface area (Å²) >= 11 is 0. The zero-order chi connectivity index (χ0) is 15.0. The Kier molecular flexibility index (Phi) is 6.48. The first kappa shape index (κ1) is 15.9. The maximum absolute atomic E-state index is 11.6. The quantitative estimate of drug-likeness (QED) is 0.601. The van der Waals surface area contributed by atoms with Crippen LogP contribution in [-0.4, -0.2) is 44.7 Å². The smallest absolute Gasteiger partial charge is 0.326 e. The van der Waals surface area contributed by atoms with Gasteiger partial charge in [-0.25, -0.2) is 9.59 Å². The first-order chi connectivity index (χ1) is 9.54. The van der Waals surface area contributed by atoms with Gasteiger partial charge in [-0.05, 0) is 12.3 Å². The third-order valence-electron chi connectivity index (χ3n) is 3.09. The average Bonchev–Trinajstić information content (AvgIpc) is 2.93. The maximum atomic E-state index is 11.6. The number of carboxylic acid groups (broad SMARTS) is 1. The number of nitrogens with zero attached hydrogens (tertiary/aromatic N) is 3. The van der Waals surface area contributed by atoms with Gasteiger partial charge in [-0.3, -0.25) is 4.68 Å². The van der Waals surface area contributed by atoms with Gasteiger partial charge in [0.2, 0.25) is 0 Å². The summed E-state index contributed by atoms with van der Waals surface area (Å²) in [5.41, 5.74) is 0. The number of carboxylic acids is 1. The fourth-order valence-electron chi connectivity index (χ4n) is 1.67. The lowest BCUT2D eigenvalue weighted by atomic mass is 9.99. The zero-order valence-corrected chi connectivity index (χ0v) is 11.7. The molecule has 112 valence electrons. The van der Waals surface area contributed by atoms with E-state index in [0.29, 0.717) is 25.9 Å². The highest BCUT2D eigenvalue weighted by Gasteiger charge is 2.24. The van der Waals surface area contributed by atoms with E-state index in [9.17, 15) is 9.59 Å². The molecule has 0 radical (unpaired) electrons. The Labute approximate surface area is 117 Å². The van der Waals surface area contributed by atoms with Gasteiger partial charge in [0.1, 0.15) is 6.04 Å². The Morgan fingerprint density at radius 3 is 2.75 bits per heavy atom. The molecular formula is C12H21N5O3. The lowest BCUT2D eigenvalue weighted by Gasteiger charge is -2.20. The molecule has 1 heterocycles. The number of amides is 2. The summed E-state index contributed by atoms with van der Waals surface area (Å²) < 4.78 is 1.67. The number of urea groups is 1. The van der Waals surface area contributed by atoms with E-state index in [1.165, 1.54) is 0 Å². The summed E-state index contributed by atoms with van der Waals surface area (Å²) in [4.78, 5) is 22.7. The number of rotatable bonds is 8.